The second-order valence-corrected chi connectivity index (χ2v) is 6.19. The van der Waals surface area contributed by atoms with Crippen LogP contribution in [0.5, 0.6) is 0 Å². The van der Waals surface area contributed by atoms with Crippen LogP contribution in [0.2, 0.25) is 0 Å². The molecule has 0 spiro atoms. The summed E-state index contributed by atoms with van der Waals surface area (Å²) in [6.45, 7) is 5.22. The van der Waals surface area contributed by atoms with Crippen LogP contribution < -0.4 is 5.32 Å². The fourth-order valence-electron chi connectivity index (χ4n) is 2.11. The van der Waals surface area contributed by atoms with Crippen molar-refractivity contribution < 1.29 is 27.7 Å². The molecule has 1 heterocycles. The van der Waals surface area contributed by atoms with Crippen molar-refractivity contribution in [3.63, 3.8) is 0 Å². The lowest BCUT2D eigenvalue weighted by Gasteiger charge is -2.07. The van der Waals surface area contributed by atoms with Crippen molar-refractivity contribution in [2.45, 2.75) is 38.2 Å². The van der Waals surface area contributed by atoms with E-state index in [1.54, 1.807) is 26.0 Å². The minimum Gasteiger partial charge on any atom is -0.383 e. The Hall–Kier alpha value is -1.77. The van der Waals surface area contributed by atoms with Gasteiger partial charge in [-0.3, -0.25) is 19.5 Å². The Bertz CT molecular complexity index is 657. The van der Waals surface area contributed by atoms with Gasteiger partial charge >= 0.3 is 0 Å². The highest BCUT2D eigenvalue weighted by molar-refractivity contribution is 7.86. The molecule has 1 unspecified atom stereocenters. The van der Waals surface area contributed by atoms with E-state index in [-0.39, 0.29) is 11.3 Å². The van der Waals surface area contributed by atoms with Crippen LogP contribution in [0.4, 0.5) is 0 Å². The van der Waals surface area contributed by atoms with Crippen LogP contribution in [0.3, 0.4) is 0 Å². The van der Waals surface area contributed by atoms with Gasteiger partial charge in [0, 0.05) is 0 Å². The molecule has 3 N–H and O–H groups in total. The summed E-state index contributed by atoms with van der Waals surface area (Å²) >= 11 is 0. The van der Waals surface area contributed by atoms with E-state index in [9.17, 15) is 18.0 Å². The van der Waals surface area contributed by atoms with Crippen LogP contribution in [0.1, 0.15) is 23.1 Å². The predicted molar refractivity (Wildman–Crippen MR) is 74.2 cm³/mol. The third-order valence-electron chi connectivity index (χ3n) is 2.81. The van der Waals surface area contributed by atoms with Crippen molar-refractivity contribution in [3.05, 3.63) is 28.8 Å². The summed E-state index contributed by atoms with van der Waals surface area (Å²) in [7, 11) is -4.08. The van der Waals surface area contributed by atoms with Gasteiger partial charge in [0.25, 0.3) is 16.0 Å². The molecule has 2 rings (SSSR count). The molecule has 0 bridgehead atoms. The smallest absolute Gasteiger partial charge is 0.295 e. The van der Waals surface area contributed by atoms with Crippen LogP contribution in [-0.4, -0.2) is 36.0 Å². The number of carbonyl (C=O) groups is 2. The normalized spacial score (nSPS) is 18.0. The number of nitrogens with one attached hydrogen (secondary N) is 1. The number of carbonyl (C=O) groups excluding carboxylic acids is 2. The summed E-state index contributed by atoms with van der Waals surface area (Å²) in [4.78, 5) is 20.4. The first-order valence-electron chi connectivity index (χ1n) is 6.09. The molecule has 0 radical (unpaired) electrons. The van der Waals surface area contributed by atoms with Crippen LogP contribution >= 0.6 is 0 Å². The van der Waals surface area contributed by atoms with E-state index >= 15 is 0 Å². The van der Waals surface area contributed by atoms with E-state index in [1.807, 2.05) is 12.2 Å². The largest absolute Gasteiger partial charge is 0.383 e. The average Bonchev–Trinajstić information content (AvgIpc) is 2.52. The third-order valence-corrected chi connectivity index (χ3v) is 3.97. The Labute approximate surface area is 122 Å². The quantitative estimate of drug-likeness (QED) is 0.505. The summed E-state index contributed by atoms with van der Waals surface area (Å²) in [6.07, 6.45) is -1.19. The van der Waals surface area contributed by atoms with E-state index in [1.165, 1.54) is 0 Å². The molecule has 116 valence electrons. The first kappa shape index (κ1) is 17.3. The van der Waals surface area contributed by atoms with Crippen molar-refractivity contribution in [1.82, 2.24) is 5.32 Å². The number of aryl methyl sites for hydroxylation is 3. The Kier molecular flexibility index (Phi) is 5.21. The summed E-state index contributed by atoms with van der Waals surface area (Å²) in [5, 5.41) is 10.5. The average molecular weight is 315 g/mol. The van der Waals surface area contributed by atoms with E-state index in [2.05, 4.69) is 0 Å². The molecule has 0 aromatic heterocycles. The molecule has 1 fully saturated rings. The number of hydrogen-bond acceptors (Lipinski definition) is 5. The van der Waals surface area contributed by atoms with E-state index < -0.39 is 28.0 Å². The molecule has 1 aromatic carbocycles. The SMILES string of the molecule is Cc1cc(C)c(S(=O)(=O)O)c(C)c1.O=C1CC(O)C(=O)N1. The van der Waals surface area contributed by atoms with Crippen molar-refractivity contribution >= 4 is 21.9 Å². The standard InChI is InChI=1S/C9H12O3S.C4H5NO3/c1-6-4-7(2)9(8(3)5-6)13(10,11)12;6-2-1-3(7)5-4(2)8/h4-5H,1-3H3,(H,10,11,12);2,6H,1H2,(H,5,7,8). The number of aliphatic hydroxyl groups excluding tert-OH is 1. The van der Waals surface area contributed by atoms with Gasteiger partial charge in [0.1, 0.15) is 6.10 Å². The van der Waals surface area contributed by atoms with Crippen LogP contribution in [0, 0.1) is 20.8 Å². The number of benzene rings is 1. The van der Waals surface area contributed by atoms with Gasteiger partial charge in [-0.1, -0.05) is 17.7 Å². The number of aliphatic hydroxyl groups is 1. The van der Waals surface area contributed by atoms with Crippen LogP contribution in [0.25, 0.3) is 0 Å². The zero-order valence-electron chi connectivity index (χ0n) is 11.9. The lowest BCUT2D eigenvalue weighted by atomic mass is 10.1. The van der Waals surface area contributed by atoms with E-state index in [4.69, 9.17) is 9.66 Å². The van der Waals surface area contributed by atoms with Crippen molar-refractivity contribution in [2.75, 3.05) is 0 Å². The van der Waals surface area contributed by atoms with E-state index in [0.29, 0.717) is 11.1 Å². The number of hydrogen-bond donors (Lipinski definition) is 3. The number of amides is 2. The fraction of sp³-hybridized carbons (Fsp3) is 0.385. The van der Waals surface area contributed by atoms with Gasteiger partial charge in [-0.05, 0) is 31.9 Å². The maximum Gasteiger partial charge on any atom is 0.295 e. The molecule has 8 heteroatoms. The van der Waals surface area contributed by atoms with Gasteiger partial charge in [-0.25, -0.2) is 0 Å². The Morgan fingerprint density at radius 3 is 1.86 bits per heavy atom. The predicted octanol–water partition coefficient (Wildman–Crippen LogP) is 0.252. The summed E-state index contributed by atoms with van der Waals surface area (Å²) in [5.74, 6) is -0.988. The van der Waals surface area contributed by atoms with Crippen LogP contribution in [-0.2, 0) is 19.7 Å². The maximum atomic E-state index is 10.9. The fourth-order valence-corrected chi connectivity index (χ4v) is 3.05. The van der Waals surface area contributed by atoms with Gasteiger partial charge < -0.3 is 5.11 Å². The monoisotopic (exact) mass is 315 g/mol. The first-order chi connectivity index (χ1) is 9.52. The number of imide groups is 1. The third kappa shape index (κ3) is 4.62. The molecule has 0 saturated carbocycles. The van der Waals surface area contributed by atoms with Crippen molar-refractivity contribution in [2.24, 2.45) is 0 Å². The minimum atomic E-state index is -4.08. The molecule has 2 amide bonds. The molecule has 7 nitrogen and oxygen atoms in total. The van der Waals surface area contributed by atoms with Gasteiger partial charge in [0.05, 0.1) is 11.3 Å². The highest BCUT2D eigenvalue weighted by Gasteiger charge is 2.27. The van der Waals surface area contributed by atoms with Gasteiger partial charge in [-0.15, -0.1) is 0 Å². The highest BCUT2D eigenvalue weighted by atomic mass is 32.2. The zero-order valence-corrected chi connectivity index (χ0v) is 12.7. The highest BCUT2D eigenvalue weighted by Crippen LogP contribution is 2.20. The lowest BCUT2D eigenvalue weighted by molar-refractivity contribution is -0.127. The molecule has 1 aromatic rings. The second-order valence-electron chi connectivity index (χ2n) is 4.84. The maximum absolute atomic E-state index is 10.9. The van der Waals surface area contributed by atoms with Gasteiger partial charge in [-0.2, -0.15) is 8.42 Å². The van der Waals surface area contributed by atoms with Gasteiger partial charge in [0.2, 0.25) is 5.91 Å². The summed E-state index contributed by atoms with van der Waals surface area (Å²) in [5.41, 5.74) is 2.16. The molecule has 1 saturated heterocycles. The topological polar surface area (TPSA) is 121 Å². The first-order valence-corrected chi connectivity index (χ1v) is 7.53. The molecule has 1 aliphatic rings. The number of rotatable bonds is 1. The molecule has 1 atom stereocenters. The Morgan fingerprint density at radius 1 is 1.14 bits per heavy atom. The van der Waals surface area contributed by atoms with Gasteiger partial charge in [0.15, 0.2) is 0 Å². The summed E-state index contributed by atoms with van der Waals surface area (Å²) in [6, 6.07) is 3.46. The van der Waals surface area contributed by atoms with Crippen molar-refractivity contribution in [3.8, 4) is 0 Å². The van der Waals surface area contributed by atoms with Crippen LogP contribution in [0.15, 0.2) is 17.0 Å². The Morgan fingerprint density at radius 2 is 1.62 bits per heavy atom. The molecule has 0 aliphatic carbocycles. The zero-order chi connectivity index (χ0) is 16.4. The Balaban J connectivity index is 0.000000235. The molecular weight excluding hydrogens is 298 g/mol. The second kappa shape index (κ2) is 6.33. The molecular formula is C13H17NO6S. The summed E-state index contributed by atoms with van der Waals surface area (Å²) < 4.78 is 30.8. The lowest BCUT2D eigenvalue weighted by Crippen LogP contribution is -2.24. The minimum absolute atomic E-state index is 0.0260. The molecule has 21 heavy (non-hydrogen) atoms. The van der Waals surface area contributed by atoms with E-state index in [0.717, 1.165) is 5.56 Å². The van der Waals surface area contributed by atoms with Crippen molar-refractivity contribution in [1.29, 1.82) is 0 Å². The molecule has 1 aliphatic heterocycles.